The second-order valence-corrected chi connectivity index (χ2v) is 5.42. The number of rotatable bonds is 5. The third-order valence-electron chi connectivity index (χ3n) is 3.04. The zero-order chi connectivity index (χ0) is 13.9. The molecule has 0 atom stereocenters. The average molecular weight is 252 g/mol. The second-order valence-electron chi connectivity index (χ2n) is 5.42. The summed E-state index contributed by atoms with van der Waals surface area (Å²) in [6.45, 7) is 7.97. The molecule has 1 aromatic carbocycles. The number of hydrogen-bond acceptors (Lipinski definition) is 4. The van der Waals surface area contributed by atoms with E-state index in [1.54, 1.807) is 0 Å². The van der Waals surface area contributed by atoms with E-state index in [-0.39, 0.29) is 18.2 Å². The van der Waals surface area contributed by atoms with E-state index in [2.05, 4.69) is 0 Å². The number of nitrogen functional groups attached to an aromatic ring is 1. The molecule has 0 unspecified atom stereocenters. The molecule has 0 aliphatic rings. The number of nitrogens with two attached hydrogens (primary N) is 1. The highest BCUT2D eigenvalue weighted by Crippen LogP contribution is 2.30. The first-order chi connectivity index (χ1) is 8.27. The summed E-state index contributed by atoms with van der Waals surface area (Å²) in [4.78, 5) is 2.01. The zero-order valence-electron chi connectivity index (χ0n) is 11.9. The molecule has 1 rings (SSSR count). The maximum absolute atomic E-state index is 9.40. The fourth-order valence-corrected chi connectivity index (χ4v) is 1.54. The van der Waals surface area contributed by atoms with E-state index in [4.69, 9.17) is 10.5 Å². The summed E-state index contributed by atoms with van der Waals surface area (Å²) in [6.07, 6.45) is 0.0821. The predicted molar refractivity (Wildman–Crippen MR) is 76.2 cm³/mol. The van der Waals surface area contributed by atoms with E-state index in [1.807, 2.05) is 57.8 Å². The van der Waals surface area contributed by atoms with Crippen molar-refractivity contribution in [3.8, 4) is 5.75 Å². The van der Waals surface area contributed by atoms with Gasteiger partial charge < -0.3 is 20.5 Å². The molecule has 18 heavy (non-hydrogen) atoms. The van der Waals surface area contributed by atoms with Gasteiger partial charge in [0.15, 0.2) is 0 Å². The van der Waals surface area contributed by atoms with Crippen molar-refractivity contribution in [3.05, 3.63) is 18.2 Å². The first-order valence-electron chi connectivity index (χ1n) is 6.19. The first-order valence-corrected chi connectivity index (χ1v) is 6.19. The molecule has 0 saturated carbocycles. The number of hydrogen-bond donors (Lipinski definition) is 2. The summed E-state index contributed by atoms with van der Waals surface area (Å²) < 4.78 is 5.67. The fourth-order valence-electron chi connectivity index (χ4n) is 1.54. The molecule has 0 aromatic heterocycles. The summed E-state index contributed by atoms with van der Waals surface area (Å²) in [5.41, 5.74) is 7.16. The van der Waals surface area contributed by atoms with Gasteiger partial charge in [-0.2, -0.15) is 0 Å². The molecule has 102 valence electrons. The number of aliphatic hydroxyl groups is 1. The number of benzene rings is 1. The monoisotopic (exact) mass is 252 g/mol. The standard InChI is InChI=1S/C14H24N2O2/c1-10(2)18-13-8-11(6-7-12(13)15)16(5)14(3,4)9-17/h6-8,10,17H,9,15H2,1-5H3. The minimum absolute atomic E-state index is 0.0776. The van der Waals surface area contributed by atoms with Crippen molar-refractivity contribution in [2.24, 2.45) is 0 Å². The summed E-state index contributed by atoms with van der Waals surface area (Å²) in [5, 5.41) is 9.40. The van der Waals surface area contributed by atoms with Crippen LogP contribution in [-0.2, 0) is 0 Å². The van der Waals surface area contributed by atoms with Crippen molar-refractivity contribution in [2.45, 2.75) is 39.3 Å². The van der Waals surface area contributed by atoms with Gasteiger partial charge in [0, 0.05) is 18.8 Å². The van der Waals surface area contributed by atoms with Crippen molar-refractivity contribution < 1.29 is 9.84 Å². The van der Waals surface area contributed by atoms with Crippen molar-refractivity contribution in [2.75, 3.05) is 24.3 Å². The van der Waals surface area contributed by atoms with Gasteiger partial charge in [-0.3, -0.25) is 0 Å². The van der Waals surface area contributed by atoms with Crippen LogP contribution >= 0.6 is 0 Å². The van der Waals surface area contributed by atoms with Crippen molar-refractivity contribution >= 4 is 11.4 Å². The highest BCUT2D eigenvalue weighted by Gasteiger charge is 2.23. The van der Waals surface area contributed by atoms with Crippen LogP contribution in [0.15, 0.2) is 18.2 Å². The number of likely N-dealkylation sites (N-methyl/N-ethyl adjacent to an activating group) is 1. The quantitative estimate of drug-likeness (QED) is 0.789. The summed E-state index contributed by atoms with van der Waals surface area (Å²) in [7, 11) is 1.95. The Morgan fingerprint density at radius 2 is 2.00 bits per heavy atom. The number of anilines is 2. The summed E-state index contributed by atoms with van der Waals surface area (Å²) >= 11 is 0. The normalized spacial score (nSPS) is 11.7. The molecule has 0 aliphatic heterocycles. The SMILES string of the molecule is CC(C)Oc1cc(N(C)C(C)(C)CO)ccc1N. The molecular formula is C14H24N2O2. The molecule has 3 N–H and O–H groups in total. The smallest absolute Gasteiger partial charge is 0.144 e. The number of aliphatic hydroxyl groups excluding tert-OH is 1. The Hall–Kier alpha value is -1.42. The van der Waals surface area contributed by atoms with Crippen molar-refractivity contribution in [1.29, 1.82) is 0 Å². The highest BCUT2D eigenvalue weighted by atomic mass is 16.5. The predicted octanol–water partition coefficient (Wildman–Crippen LogP) is 2.26. The Kier molecular flexibility index (Phi) is 4.46. The van der Waals surface area contributed by atoms with Crippen LogP contribution in [0.3, 0.4) is 0 Å². The van der Waals surface area contributed by atoms with Crippen LogP contribution in [0.5, 0.6) is 5.75 Å². The molecule has 0 heterocycles. The first kappa shape index (κ1) is 14.6. The van der Waals surface area contributed by atoms with E-state index in [0.717, 1.165) is 5.69 Å². The third kappa shape index (κ3) is 3.29. The Bertz CT molecular complexity index is 403. The van der Waals surface area contributed by atoms with Gasteiger partial charge >= 0.3 is 0 Å². The van der Waals surface area contributed by atoms with E-state index in [0.29, 0.717) is 11.4 Å². The van der Waals surface area contributed by atoms with Crippen LogP contribution in [0.4, 0.5) is 11.4 Å². The van der Waals surface area contributed by atoms with Gasteiger partial charge in [-0.15, -0.1) is 0 Å². The van der Waals surface area contributed by atoms with Crippen LogP contribution < -0.4 is 15.4 Å². The topological polar surface area (TPSA) is 58.7 Å². The molecule has 0 fully saturated rings. The third-order valence-corrected chi connectivity index (χ3v) is 3.04. The van der Waals surface area contributed by atoms with Gasteiger partial charge in [0.05, 0.1) is 23.9 Å². The second kappa shape index (κ2) is 5.48. The van der Waals surface area contributed by atoms with Crippen molar-refractivity contribution in [3.63, 3.8) is 0 Å². The van der Waals surface area contributed by atoms with Gasteiger partial charge in [0.25, 0.3) is 0 Å². The summed E-state index contributed by atoms with van der Waals surface area (Å²) in [5.74, 6) is 0.683. The maximum Gasteiger partial charge on any atom is 0.144 e. The molecule has 0 amide bonds. The lowest BCUT2D eigenvalue weighted by Gasteiger charge is -2.36. The van der Waals surface area contributed by atoms with Gasteiger partial charge in [0.2, 0.25) is 0 Å². The molecule has 0 spiro atoms. The molecule has 1 aromatic rings. The Morgan fingerprint density at radius 3 is 2.50 bits per heavy atom. The molecule has 0 saturated heterocycles. The minimum atomic E-state index is -0.328. The van der Waals surface area contributed by atoms with Gasteiger partial charge in [0.1, 0.15) is 5.75 Å². The van der Waals surface area contributed by atoms with E-state index >= 15 is 0 Å². The van der Waals surface area contributed by atoms with Gasteiger partial charge in [-0.1, -0.05) is 0 Å². The fraction of sp³-hybridized carbons (Fsp3) is 0.571. The molecule has 0 aliphatic carbocycles. The lowest BCUT2D eigenvalue weighted by atomic mass is 10.0. The Labute approximate surface area is 109 Å². The molecule has 4 nitrogen and oxygen atoms in total. The van der Waals surface area contributed by atoms with Gasteiger partial charge in [-0.25, -0.2) is 0 Å². The number of nitrogens with zero attached hydrogens (tertiary/aromatic N) is 1. The van der Waals surface area contributed by atoms with Crippen molar-refractivity contribution in [1.82, 2.24) is 0 Å². The summed E-state index contributed by atoms with van der Waals surface area (Å²) in [6, 6.07) is 5.67. The average Bonchev–Trinajstić information content (AvgIpc) is 2.30. The van der Waals surface area contributed by atoms with E-state index in [9.17, 15) is 5.11 Å². The van der Waals surface area contributed by atoms with Gasteiger partial charge in [-0.05, 0) is 39.8 Å². The van der Waals surface area contributed by atoms with Crippen LogP contribution in [0.25, 0.3) is 0 Å². The van der Waals surface area contributed by atoms with Crippen LogP contribution in [0.1, 0.15) is 27.7 Å². The van der Waals surface area contributed by atoms with Crippen LogP contribution in [-0.4, -0.2) is 30.4 Å². The number of ether oxygens (including phenoxy) is 1. The molecular weight excluding hydrogens is 228 g/mol. The lowest BCUT2D eigenvalue weighted by molar-refractivity contribution is 0.216. The molecule has 4 heteroatoms. The molecule has 0 radical (unpaired) electrons. The Balaban J connectivity index is 3.04. The zero-order valence-corrected chi connectivity index (χ0v) is 11.9. The molecule has 0 bridgehead atoms. The largest absolute Gasteiger partial charge is 0.489 e. The lowest BCUT2D eigenvalue weighted by Crippen LogP contribution is -2.44. The highest BCUT2D eigenvalue weighted by molar-refractivity contribution is 5.63. The Morgan fingerprint density at radius 1 is 1.39 bits per heavy atom. The maximum atomic E-state index is 9.40. The van der Waals surface area contributed by atoms with Crippen LogP contribution in [0.2, 0.25) is 0 Å². The van der Waals surface area contributed by atoms with E-state index in [1.165, 1.54) is 0 Å². The van der Waals surface area contributed by atoms with E-state index < -0.39 is 0 Å². The van der Waals surface area contributed by atoms with Crippen LogP contribution in [0, 0.1) is 0 Å². The minimum Gasteiger partial charge on any atom is -0.489 e.